The Morgan fingerprint density at radius 2 is 1.89 bits per heavy atom. The molecule has 0 spiro atoms. The number of hydrogen-bond donors (Lipinski definition) is 2. The van der Waals surface area contributed by atoms with Crippen LogP contribution in [0.4, 0.5) is 0 Å². The Morgan fingerprint density at radius 1 is 1.11 bits per heavy atom. The summed E-state index contributed by atoms with van der Waals surface area (Å²) >= 11 is 0. The molecule has 2 heterocycles. The van der Waals surface area contributed by atoms with Gasteiger partial charge >= 0.3 is 11.9 Å². The summed E-state index contributed by atoms with van der Waals surface area (Å²) in [5.74, 6) is -1.93. The summed E-state index contributed by atoms with van der Waals surface area (Å²) in [6, 6.07) is 11.4. The Hall–Kier alpha value is -3.88. The van der Waals surface area contributed by atoms with Gasteiger partial charge in [0.2, 0.25) is 0 Å². The molecule has 0 atom stereocenters. The van der Waals surface area contributed by atoms with E-state index in [9.17, 15) is 14.4 Å². The molecule has 2 aromatic heterocycles. The first kappa shape index (κ1) is 17.9. The molecule has 3 rings (SSSR count). The van der Waals surface area contributed by atoms with Crippen molar-refractivity contribution >= 4 is 17.8 Å². The first-order valence-electron chi connectivity index (χ1n) is 7.95. The normalized spacial score (nSPS) is 10.3. The van der Waals surface area contributed by atoms with Crippen molar-refractivity contribution in [2.75, 3.05) is 6.61 Å². The number of ether oxygens (including phenoxy) is 1. The van der Waals surface area contributed by atoms with Crippen molar-refractivity contribution in [3.8, 4) is 5.69 Å². The molecule has 0 aliphatic heterocycles. The summed E-state index contributed by atoms with van der Waals surface area (Å²) in [7, 11) is 0. The maximum Gasteiger partial charge on any atom is 0.338 e. The zero-order chi connectivity index (χ0) is 19.2. The average Bonchev–Trinajstić information content (AvgIpc) is 3.36. The lowest BCUT2D eigenvalue weighted by atomic mass is 10.2. The number of carbonyl (C=O) groups excluding carboxylic acids is 3. The first-order valence-corrected chi connectivity index (χ1v) is 7.95. The van der Waals surface area contributed by atoms with Crippen molar-refractivity contribution in [3.63, 3.8) is 0 Å². The molecule has 0 saturated carbocycles. The third-order valence-corrected chi connectivity index (χ3v) is 3.57. The summed E-state index contributed by atoms with van der Waals surface area (Å²) in [5, 5.41) is 4.18. The van der Waals surface area contributed by atoms with E-state index in [0.717, 1.165) is 11.4 Å². The molecule has 27 heavy (non-hydrogen) atoms. The van der Waals surface area contributed by atoms with E-state index in [2.05, 4.69) is 16.0 Å². The van der Waals surface area contributed by atoms with Crippen LogP contribution in [-0.2, 0) is 9.53 Å². The molecule has 2 amide bonds. The molecule has 0 fully saturated rings. The molecular formula is C18H16N4O5. The maximum absolute atomic E-state index is 12.0. The van der Waals surface area contributed by atoms with Gasteiger partial charge in [0.15, 0.2) is 12.4 Å². The van der Waals surface area contributed by atoms with Gasteiger partial charge in [-0.15, -0.1) is 0 Å². The second-order valence-electron chi connectivity index (χ2n) is 5.49. The Kier molecular flexibility index (Phi) is 5.31. The number of amides is 2. The minimum atomic E-state index is -0.688. The van der Waals surface area contributed by atoms with Crippen LogP contribution in [0.5, 0.6) is 0 Å². The molecule has 1 aromatic carbocycles. The summed E-state index contributed by atoms with van der Waals surface area (Å²) in [5.41, 5.74) is 6.31. The van der Waals surface area contributed by atoms with Crippen LogP contribution in [0.2, 0.25) is 0 Å². The molecule has 138 valence electrons. The number of aryl methyl sites for hydroxylation is 1. The Morgan fingerprint density at radius 3 is 2.52 bits per heavy atom. The van der Waals surface area contributed by atoms with E-state index < -0.39 is 24.4 Å². The van der Waals surface area contributed by atoms with E-state index >= 15 is 0 Å². The minimum Gasteiger partial charge on any atom is -0.459 e. The van der Waals surface area contributed by atoms with Gasteiger partial charge in [-0.3, -0.25) is 20.4 Å². The molecule has 0 radical (unpaired) electrons. The van der Waals surface area contributed by atoms with E-state index in [0.29, 0.717) is 0 Å². The van der Waals surface area contributed by atoms with Crippen LogP contribution in [0.25, 0.3) is 5.69 Å². The molecule has 0 saturated heterocycles. The van der Waals surface area contributed by atoms with Gasteiger partial charge < -0.3 is 9.15 Å². The highest BCUT2D eigenvalue weighted by molar-refractivity contribution is 5.94. The van der Waals surface area contributed by atoms with Crippen molar-refractivity contribution in [2.45, 2.75) is 6.92 Å². The molecule has 2 N–H and O–H groups in total. The smallest absolute Gasteiger partial charge is 0.338 e. The van der Waals surface area contributed by atoms with E-state index in [1.165, 1.54) is 18.4 Å². The molecule has 9 nitrogen and oxygen atoms in total. The van der Waals surface area contributed by atoms with E-state index in [-0.39, 0.29) is 11.3 Å². The monoisotopic (exact) mass is 368 g/mol. The standard InChI is InChI=1S/C18H16N4O5/c1-12-8-9-19-22(12)14-6-4-13(5-7-14)18(25)27-11-16(23)20-21-17(24)15-3-2-10-26-15/h2-10H,11H2,1H3,(H,20,23)(H,21,24). The molecule has 0 aliphatic carbocycles. The fourth-order valence-corrected chi connectivity index (χ4v) is 2.22. The number of esters is 1. The molecule has 0 aliphatic rings. The lowest BCUT2D eigenvalue weighted by Gasteiger charge is -2.08. The number of aromatic nitrogens is 2. The Balaban J connectivity index is 1.48. The number of carbonyl (C=O) groups is 3. The van der Waals surface area contributed by atoms with Gasteiger partial charge in [0.05, 0.1) is 17.5 Å². The molecule has 0 unspecified atom stereocenters. The number of nitrogens with zero attached hydrogens (tertiary/aromatic N) is 2. The zero-order valence-electron chi connectivity index (χ0n) is 14.3. The average molecular weight is 368 g/mol. The van der Waals surface area contributed by atoms with Crippen LogP contribution in [0.1, 0.15) is 26.6 Å². The topological polar surface area (TPSA) is 115 Å². The van der Waals surface area contributed by atoms with Crippen molar-refractivity contribution in [1.29, 1.82) is 0 Å². The van der Waals surface area contributed by atoms with Gasteiger partial charge in [0, 0.05) is 11.9 Å². The second kappa shape index (κ2) is 8.00. The van der Waals surface area contributed by atoms with Crippen LogP contribution in [0.3, 0.4) is 0 Å². The van der Waals surface area contributed by atoms with Crippen molar-refractivity contribution in [3.05, 3.63) is 71.9 Å². The minimum absolute atomic E-state index is 0.0415. The lowest BCUT2D eigenvalue weighted by Crippen LogP contribution is -2.43. The Bertz CT molecular complexity index is 945. The van der Waals surface area contributed by atoms with Gasteiger partial charge in [-0.1, -0.05) is 0 Å². The third kappa shape index (κ3) is 4.40. The lowest BCUT2D eigenvalue weighted by molar-refractivity contribution is -0.125. The molecule has 3 aromatic rings. The SMILES string of the molecule is Cc1ccnn1-c1ccc(C(=O)OCC(=O)NNC(=O)c2ccco2)cc1. The second-order valence-corrected chi connectivity index (χ2v) is 5.49. The van der Waals surface area contributed by atoms with Crippen LogP contribution in [0, 0.1) is 6.92 Å². The Labute approximate surface area is 153 Å². The number of rotatable bonds is 5. The highest BCUT2D eigenvalue weighted by atomic mass is 16.5. The number of hydrazine groups is 1. The quantitative estimate of drug-likeness (QED) is 0.519. The van der Waals surface area contributed by atoms with E-state index in [1.807, 2.05) is 13.0 Å². The predicted octanol–water partition coefficient (Wildman–Crippen LogP) is 1.39. The molecule has 9 heteroatoms. The third-order valence-electron chi connectivity index (χ3n) is 3.57. The summed E-state index contributed by atoms with van der Waals surface area (Å²) < 4.78 is 11.5. The highest BCUT2D eigenvalue weighted by Gasteiger charge is 2.13. The number of furan rings is 1. The maximum atomic E-state index is 12.0. The van der Waals surface area contributed by atoms with Crippen LogP contribution in [-0.4, -0.2) is 34.2 Å². The summed E-state index contributed by atoms with van der Waals surface area (Å²) in [4.78, 5) is 35.3. The number of nitrogens with one attached hydrogen (secondary N) is 2. The molecular weight excluding hydrogens is 352 g/mol. The first-order chi connectivity index (χ1) is 13.0. The van der Waals surface area contributed by atoms with Crippen LogP contribution in [0.15, 0.2) is 59.3 Å². The summed E-state index contributed by atoms with van der Waals surface area (Å²) in [6.07, 6.45) is 3.01. The van der Waals surface area contributed by atoms with Gasteiger partial charge in [-0.2, -0.15) is 5.10 Å². The number of benzene rings is 1. The largest absolute Gasteiger partial charge is 0.459 e. The zero-order valence-corrected chi connectivity index (χ0v) is 14.3. The van der Waals surface area contributed by atoms with Gasteiger partial charge in [0.25, 0.3) is 5.91 Å². The fraction of sp³-hybridized carbons (Fsp3) is 0.111. The fourth-order valence-electron chi connectivity index (χ4n) is 2.22. The van der Waals surface area contributed by atoms with Crippen LogP contribution >= 0.6 is 0 Å². The van der Waals surface area contributed by atoms with E-state index in [4.69, 9.17) is 9.15 Å². The van der Waals surface area contributed by atoms with Crippen molar-refractivity contribution < 1.29 is 23.5 Å². The van der Waals surface area contributed by atoms with Crippen LogP contribution < -0.4 is 10.9 Å². The summed E-state index contributed by atoms with van der Waals surface area (Å²) in [6.45, 7) is 1.37. The highest BCUT2D eigenvalue weighted by Crippen LogP contribution is 2.12. The van der Waals surface area contributed by atoms with Gasteiger partial charge in [-0.05, 0) is 49.4 Å². The van der Waals surface area contributed by atoms with Crippen molar-refractivity contribution in [2.24, 2.45) is 0 Å². The van der Waals surface area contributed by atoms with Crippen molar-refractivity contribution in [1.82, 2.24) is 20.6 Å². The predicted molar refractivity (Wildman–Crippen MR) is 92.9 cm³/mol. The van der Waals surface area contributed by atoms with Gasteiger partial charge in [-0.25, -0.2) is 9.48 Å². The molecule has 0 bridgehead atoms. The van der Waals surface area contributed by atoms with Gasteiger partial charge in [0.1, 0.15) is 0 Å². The van der Waals surface area contributed by atoms with E-state index in [1.54, 1.807) is 35.1 Å². The number of hydrogen-bond acceptors (Lipinski definition) is 6.